The van der Waals surface area contributed by atoms with Crippen LogP contribution in [0.2, 0.25) is 0 Å². The Morgan fingerprint density at radius 3 is 2.45 bits per heavy atom. The Morgan fingerprint density at radius 2 is 1.61 bits per heavy atom. The van der Waals surface area contributed by atoms with Gasteiger partial charge in [0.1, 0.15) is 0 Å². The number of fused-ring (bicyclic) bond motifs is 6. The van der Waals surface area contributed by atoms with E-state index >= 15 is 0 Å². The standard InChI is InChI=1S/C30H27N/c1-3-20(2)21-13-14-26-25-8-4-5-9-27(25)30(28(26)17-21)18-23-12-11-22(16-24(23)19-30)29-10-6-7-15-31-29/h4-17,20H,3,18-19H2,1-2H3. The summed E-state index contributed by atoms with van der Waals surface area (Å²) in [4.78, 5) is 4.58. The maximum atomic E-state index is 4.58. The molecule has 6 rings (SSSR count). The minimum Gasteiger partial charge on any atom is -0.256 e. The third-order valence-electron chi connectivity index (χ3n) is 7.62. The van der Waals surface area contributed by atoms with Gasteiger partial charge < -0.3 is 0 Å². The summed E-state index contributed by atoms with van der Waals surface area (Å²) in [5.74, 6) is 0.589. The molecule has 0 saturated heterocycles. The summed E-state index contributed by atoms with van der Waals surface area (Å²) >= 11 is 0. The molecule has 2 aliphatic carbocycles. The van der Waals surface area contributed by atoms with Gasteiger partial charge in [0, 0.05) is 17.2 Å². The smallest absolute Gasteiger partial charge is 0.0702 e. The lowest BCUT2D eigenvalue weighted by Crippen LogP contribution is -2.26. The van der Waals surface area contributed by atoms with Crippen molar-refractivity contribution in [1.82, 2.24) is 4.98 Å². The average molecular weight is 402 g/mol. The molecule has 2 atom stereocenters. The molecule has 1 spiro atoms. The van der Waals surface area contributed by atoms with E-state index in [0.29, 0.717) is 5.92 Å². The Kier molecular flexibility index (Phi) is 4.14. The van der Waals surface area contributed by atoms with Crippen LogP contribution in [0.5, 0.6) is 0 Å². The van der Waals surface area contributed by atoms with Crippen molar-refractivity contribution >= 4 is 0 Å². The van der Waals surface area contributed by atoms with Crippen molar-refractivity contribution in [2.75, 3.05) is 0 Å². The molecule has 31 heavy (non-hydrogen) atoms. The van der Waals surface area contributed by atoms with E-state index in [2.05, 4.69) is 91.6 Å². The van der Waals surface area contributed by atoms with E-state index in [1.807, 2.05) is 12.3 Å². The van der Waals surface area contributed by atoms with Crippen LogP contribution in [-0.4, -0.2) is 4.98 Å². The maximum absolute atomic E-state index is 4.58. The number of aromatic nitrogens is 1. The van der Waals surface area contributed by atoms with Gasteiger partial charge in [0.15, 0.2) is 0 Å². The highest BCUT2D eigenvalue weighted by atomic mass is 14.7. The normalized spacial score (nSPS) is 19.2. The predicted molar refractivity (Wildman–Crippen MR) is 128 cm³/mol. The fraction of sp³-hybridized carbons (Fsp3) is 0.233. The molecule has 0 radical (unpaired) electrons. The van der Waals surface area contributed by atoms with Crippen LogP contribution in [0.25, 0.3) is 22.4 Å². The van der Waals surface area contributed by atoms with Gasteiger partial charge >= 0.3 is 0 Å². The molecule has 2 aliphatic rings. The van der Waals surface area contributed by atoms with Crippen LogP contribution < -0.4 is 0 Å². The molecule has 0 bridgehead atoms. The van der Waals surface area contributed by atoms with Crippen molar-refractivity contribution < 1.29 is 0 Å². The molecule has 4 aromatic rings. The number of benzene rings is 3. The van der Waals surface area contributed by atoms with Crippen molar-refractivity contribution in [2.24, 2.45) is 0 Å². The molecule has 1 heterocycles. The molecule has 0 saturated carbocycles. The third-order valence-corrected chi connectivity index (χ3v) is 7.62. The van der Waals surface area contributed by atoms with Crippen LogP contribution in [0.15, 0.2) is 85.1 Å². The molecular weight excluding hydrogens is 374 g/mol. The zero-order valence-corrected chi connectivity index (χ0v) is 18.2. The quantitative estimate of drug-likeness (QED) is 0.350. The monoisotopic (exact) mass is 401 g/mol. The molecule has 1 heteroatoms. The lowest BCUT2D eigenvalue weighted by atomic mass is 9.75. The third kappa shape index (κ3) is 2.73. The Bertz CT molecular complexity index is 1290. The van der Waals surface area contributed by atoms with Gasteiger partial charge in [0.2, 0.25) is 0 Å². The summed E-state index contributed by atoms with van der Waals surface area (Å²) in [5, 5.41) is 0. The second-order valence-electron chi connectivity index (χ2n) is 9.29. The molecule has 0 amide bonds. The molecule has 0 fully saturated rings. The molecule has 1 aromatic heterocycles. The van der Waals surface area contributed by atoms with Gasteiger partial charge in [-0.05, 0) is 82.3 Å². The van der Waals surface area contributed by atoms with E-state index in [1.165, 1.54) is 50.9 Å². The number of nitrogens with zero attached hydrogens (tertiary/aromatic N) is 1. The zero-order valence-electron chi connectivity index (χ0n) is 18.2. The van der Waals surface area contributed by atoms with E-state index < -0.39 is 0 Å². The van der Waals surface area contributed by atoms with Crippen molar-refractivity contribution in [3.05, 3.63) is 113 Å². The highest BCUT2D eigenvalue weighted by Crippen LogP contribution is 2.56. The van der Waals surface area contributed by atoms with Gasteiger partial charge in [-0.25, -0.2) is 0 Å². The number of pyridine rings is 1. The van der Waals surface area contributed by atoms with Crippen molar-refractivity contribution in [1.29, 1.82) is 0 Å². The highest BCUT2D eigenvalue weighted by molar-refractivity contribution is 5.83. The Labute approximate surface area is 184 Å². The van der Waals surface area contributed by atoms with Crippen molar-refractivity contribution in [3.63, 3.8) is 0 Å². The topological polar surface area (TPSA) is 12.9 Å². The molecule has 2 unspecified atom stereocenters. The Hall–Kier alpha value is -3.19. The first-order chi connectivity index (χ1) is 15.2. The van der Waals surface area contributed by atoms with E-state index in [4.69, 9.17) is 0 Å². The average Bonchev–Trinajstić information content (AvgIpc) is 3.35. The van der Waals surface area contributed by atoms with Crippen LogP contribution in [-0.2, 0) is 18.3 Å². The lowest BCUT2D eigenvalue weighted by molar-refractivity contribution is 0.562. The zero-order chi connectivity index (χ0) is 21.0. The Balaban J connectivity index is 1.50. The van der Waals surface area contributed by atoms with E-state index in [0.717, 1.165) is 18.5 Å². The summed E-state index contributed by atoms with van der Waals surface area (Å²) in [6.07, 6.45) is 5.20. The summed E-state index contributed by atoms with van der Waals surface area (Å²) in [7, 11) is 0. The van der Waals surface area contributed by atoms with E-state index in [1.54, 1.807) is 0 Å². The molecule has 1 nitrogen and oxygen atoms in total. The van der Waals surface area contributed by atoms with Crippen LogP contribution in [0.4, 0.5) is 0 Å². The second-order valence-corrected chi connectivity index (χ2v) is 9.29. The molecular formula is C30H27N. The first kappa shape index (κ1) is 18.6. The van der Waals surface area contributed by atoms with E-state index in [9.17, 15) is 0 Å². The van der Waals surface area contributed by atoms with E-state index in [-0.39, 0.29) is 5.41 Å². The fourth-order valence-corrected chi connectivity index (χ4v) is 5.76. The molecule has 3 aromatic carbocycles. The Morgan fingerprint density at radius 1 is 0.806 bits per heavy atom. The van der Waals surface area contributed by atoms with Gasteiger partial charge in [-0.3, -0.25) is 4.98 Å². The summed E-state index contributed by atoms with van der Waals surface area (Å²) in [6.45, 7) is 4.63. The van der Waals surface area contributed by atoms with Crippen LogP contribution in [0.1, 0.15) is 54.0 Å². The molecule has 152 valence electrons. The number of hydrogen-bond acceptors (Lipinski definition) is 1. The first-order valence-electron chi connectivity index (χ1n) is 11.5. The van der Waals surface area contributed by atoms with Crippen LogP contribution in [0, 0.1) is 0 Å². The molecule has 0 aliphatic heterocycles. The number of hydrogen-bond donors (Lipinski definition) is 0. The fourth-order valence-electron chi connectivity index (χ4n) is 5.76. The lowest BCUT2D eigenvalue weighted by Gasteiger charge is -2.27. The number of rotatable bonds is 3. The van der Waals surface area contributed by atoms with Gasteiger partial charge in [-0.2, -0.15) is 0 Å². The predicted octanol–water partition coefficient (Wildman–Crippen LogP) is 7.33. The van der Waals surface area contributed by atoms with Crippen molar-refractivity contribution in [3.8, 4) is 22.4 Å². The first-order valence-corrected chi connectivity index (χ1v) is 11.5. The highest BCUT2D eigenvalue weighted by Gasteiger charge is 2.47. The van der Waals surface area contributed by atoms with Gasteiger partial charge in [-0.1, -0.05) is 74.5 Å². The maximum Gasteiger partial charge on any atom is 0.0702 e. The van der Waals surface area contributed by atoms with Gasteiger partial charge in [-0.15, -0.1) is 0 Å². The SMILES string of the molecule is CCC(C)c1ccc2c(c1)C1(Cc3ccc(-c4ccccn4)cc3C1)c1ccccc1-2. The minimum atomic E-state index is 0.0560. The largest absolute Gasteiger partial charge is 0.256 e. The van der Waals surface area contributed by atoms with Crippen LogP contribution >= 0.6 is 0 Å². The van der Waals surface area contributed by atoms with Gasteiger partial charge in [0.25, 0.3) is 0 Å². The molecule has 0 N–H and O–H groups in total. The van der Waals surface area contributed by atoms with Crippen molar-refractivity contribution in [2.45, 2.75) is 44.4 Å². The minimum absolute atomic E-state index is 0.0560. The summed E-state index contributed by atoms with van der Waals surface area (Å²) < 4.78 is 0. The van der Waals surface area contributed by atoms with Gasteiger partial charge in [0.05, 0.1) is 5.69 Å². The summed E-state index contributed by atoms with van der Waals surface area (Å²) in [5.41, 5.74) is 12.6. The van der Waals surface area contributed by atoms with Crippen LogP contribution in [0.3, 0.4) is 0 Å². The summed E-state index contributed by atoms with van der Waals surface area (Å²) in [6, 6.07) is 29.4. The second kappa shape index (κ2) is 6.92.